The van der Waals surface area contributed by atoms with E-state index >= 15 is 0 Å². The summed E-state index contributed by atoms with van der Waals surface area (Å²) < 4.78 is 20.3. The van der Waals surface area contributed by atoms with Crippen LogP contribution in [0.15, 0.2) is 72.8 Å². The number of carbonyl (C=O) groups excluding carboxylic acids is 4. The minimum Gasteiger partial charge on any atom is -0.463 e. The van der Waals surface area contributed by atoms with Gasteiger partial charge in [-0.2, -0.15) is 0 Å². The highest BCUT2D eigenvalue weighted by molar-refractivity contribution is 5.89. The van der Waals surface area contributed by atoms with E-state index in [4.69, 9.17) is 18.9 Å². The molecular formula is C39H48O8. The number of hydrogen-bond acceptors (Lipinski definition) is 8. The van der Waals surface area contributed by atoms with Crippen LogP contribution in [0.3, 0.4) is 0 Å². The molecule has 0 saturated carbocycles. The fourth-order valence-corrected chi connectivity index (χ4v) is 4.36. The van der Waals surface area contributed by atoms with Crippen LogP contribution in [0, 0.1) is 0 Å². The second-order valence-electron chi connectivity index (χ2n) is 10.7. The smallest absolute Gasteiger partial charge is 0.330 e. The first-order chi connectivity index (χ1) is 22.9. The van der Waals surface area contributed by atoms with Crippen molar-refractivity contribution in [3.05, 3.63) is 95.1 Å². The molecule has 0 bridgehead atoms. The van der Waals surface area contributed by atoms with Gasteiger partial charge in [0.2, 0.25) is 0 Å². The van der Waals surface area contributed by atoms with Gasteiger partial charge in [0, 0.05) is 24.3 Å². The van der Waals surface area contributed by atoms with Crippen molar-refractivity contribution >= 4 is 48.2 Å². The molecule has 0 unspecified atom stereocenters. The van der Waals surface area contributed by atoms with Gasteiger partial charge in [0.1, 0.15) is 0 Å². The number of benzene rings is 2. The predicted molar refractivity (Wildman–Crippen MR) is 186 cm³/mol. The zero-order chi connectivity index (χ0) is 34.0. The average Bonchev–Trinajstić information content (AvgIpc) is 3.07. The number of rotatable bonds is 22. The van der Waals surface area contributed by atoms with Gasteiger partial charge in [-0.05, 0) is 73.2 Å². The molecule has 0 aliphatic carbocycles. The molecule has 8 heteroatoms. The Kier molecular flexibility index (Phi) is 20.1. The minimum atomic E-state index is -0.376. The Labute approximate surface area is 279 Å². The molecule has 0 spiro atoms. The topological polar surface area (TPSA) is 105 Å². The van der Waals surface area contributed by atoms with E-state index in [1.807, 2.05) is 48.5 Å². The van der Waals surface area contributed by atoms with Gasteiger partial charge < -0.3 is 18.9 Å². The molecule has 0 saturated heterocycles. The number of hydrogen-bond donors (Lipinski definition) is 0. The summed E-state index contributed by atoms with van der Waals surface area (Å²) in [5.74, 6) is -1.46. The minimum absolute atomic E-state index is 0.342. The standard InChI is InChI=1S/C39H48O8/c1-3-44-36(40)26-22-32-14-18-34(19-15-32)24-28-38(42)46-30-12-10-8-6-5-7-9-11-13-31-47-39(43)29-25-35-20-16-33(17-21-35)23-27-37(41)45-4-2/h14-29H,3-13,30-31H2,1-2H3/b26-22+,27-23+,28-24+,29-25+. The van der Waals surface area contributed by atoms with Crippen LogP contribution in [-0.4, -0.2) is 50.3 Å². The summed E-state index contributed by atoms with van der Waals surface area (Å²) in [7, 11) is 0. The Morgan fingerprint density at radius 2 is 0.638 bits per heavy atom. The Hall–Kier alpha value is -4.72. The van der Waals surface area contributed by atoms with Crippen molar-refractivity contribution in [2.24, 2.45) is 0 Å². The van der Waals surface area contributed by atoms with E-state index in [2.05, 4.69) is 0 Å². The van der Waals surface area contributed by atoms with Crippen LogP contribution in [0.5, 0.6) is 0 Å². The van der Waals surface area contributed by atoms with Gasteiger partial charge >= 0.3 is 23.9 Å². The van der Waals surface area contributed by atoms with Crippen LogP contribution in [0.1, 0.15) is 93.9 Å². The zero-order valence-corrected chi connectivity index (χ0v) is 27.7. The van der Waals surface area contributed by atoms with E-state index in [0.717, 1.165) is 73.6 Å². The van der Waals surface area contributed by atoms with E-state index in [9.17, 15) is 19.2 Å². The maximum absolute atomic E-state index is 12.0. The fourth-order valence-electron chi connectivity index (χ4n) is 4.36. The first-order valence-corrected chi connectivity index (χ1v) is 16.5. The summed E-state index contributed by atoms with van der Waals surface area (Å²) in [6.45, 7) is 5.03. The van der Waals surface area contributed by atoms with E-state index < -0.39 is 0 Å². The molecule has 0 aliphatic rings. The van der Waals surface area contributed by atoms with E-state index in [-0.39, 0.29) is 23.9 Å². The van der Waals surface area contributed by atoms with Crippen molar-refractivity contribution in [3.8, 4) is 0 Å². The number of esters is 4. The molecule has 0 aromatic heterocycles. The monoisotopic (exact) mass is 644 g/mol. The summed E-state index contributed by atoms with van der Waals surface area (Å²) in [5.41, 5.74) is 3.47. The Bertz CT molecular complexity index is 1230. The van der Waals surface area contributed by atoms with Gasteiger partial charge in [-0.25, -0.2) is 19.2 Å². The molecule has 0 fully saturated rings. The Morgan fingerprint density at radius 3 is 0.894 bits per heavy atom. The van der Waals surface area contributed by atoms with Gasteiger partial charge in [0.25, 0.3) is 0 Å². The Balaban J connectivity index is 1.43. The van der Waals surface area contributed by atoms with E-state index in [0.29, 0.717) is 26.4 Å². The first kappa shape index (κ1) is 38.5. The quantitative estimate of drug-likeness (QED) is 0.0547. The third kappa shape index (κ3) is 19.4. The highest BCUT2D eigenvalue weighted by Gasteiger charge is 2.01. The number of ether oxygens (including phenoxy) is 4. The van der Waals surface area contributed by atoms with Crippen molar-refractivity contribution in [1.29, 1.82) is 0 Å². The van der Waals surface area contributed by atoms with Crippen molar-refractivity contribution in [2.45, 2.75) is 71.6 Å². The van der Waals surface area contributed by atoms with Gasteiger partial charge in [-0.15, -0.1) is 0 Å². The van der Waals surface area contributed by atoms with Crippen LogP contribution in [-0.2, 0) is 38.1 Å². The van der Waals surface area contributed by atoms with E-state index in [1.165, 1.54) is 30.7 Å². The first-order valence-electron chi connectivity index (χ1n) is 16.5. The van der Waals surface area contributed by atoms with Gasteiger partial charge in [-0.1, -0.05) is 93.5 Å². The Morgan fingerprint density at radius 1 is 0.404 bits per heavy atom. The third-order valence-electron chi connectivity index (χ3n) is 6.87. The molecule has 0 amide bonds. The molecule has 252 valence electrons. The van der Waals surface area contributed by atoms with Crippen molar-refractivity contribution in [1.82, 2.24) is 0 Å². The normalized spacial score (nSPS) is 11.4. The highest BCUT2D eigenvalue weighted by atomic mass is 16.5. The van der Waals surface area contributed by atoms with Gasteiger partial charge in [-0.3, -0.25) is 0 Å². The summed E-state index contributed by atoms with van der Waals surface area (Å²) >= 11 is 0. The van der Waals surface area contributed by atoms with Crippen molar-refractivity contribution < 1.29 is 38.1 Å². The lowest BCUT2D eigenvalue weighted by atomic mass is 10.1. The lowest BCUT2D eigenvalue weighted by Crippen LogP contribution is -2.02. The zero-order valence-electron chi connectivity index (χ0n) is 27.7. The molecule has 0 heterocycles. The van der Waals surface area contributed by atoms with Gasteiger partial charge in [0.05, 0.1) is 26.4 Å². The maximum atomic E-state index is 12.0. The van der Waals surface area contributed by atoms with Gasteiger partial charge in [0.15, 0.2) is 0 Å². The van der Waals surface area contributed by atoms with Crippen LogP contribution in [0.4, 0.5) is 0 Å². The second kappa shape index (κ2) is 24.5. The SMILES string of the molecule is CCOC(=O)/C=C/c1ccc(/C=C/C(=O)OCCCCCCCCCCCOC(=O)/C=C/c2ccc(/C=C/C(=O)OCC)cc2)cc1. The highest BCUT2D eigenvalue weighted by Crippen LogP contribution is 2.12. The molecule has 0 aliphatic heterocycles. The van der Waals surface area contributed by atoms with Crippen molar-refractivity contribution in [3.63, 3.8) is 0 Å². The van der Waals surface area contributed by atoms with Crippen LogP contribution in [0.25, 0.3) is 24.3 Å². The number of unbranched alkanes of at least 4 members (excludes halogenated alkanes) is 8. The second-order valence-corrected chi connectivity index (χ2v) is 10.7. The van der Waals surface area contributed by atoms with Crippen LogP contribution in [0.2, 0.25) is 0 Å². The molecule has 0 radical (unpaired) electrons. The summed E-state index contributed by atoms with van der Waals surface area (Å²) in [4.78, 5) is 46.7. The average molecular weight is 645 g/mol. The molecule has 0 atom stereocenters. The fraction of sp³-hybridized carbons (Fsp3) is 0.385. The number of carbonyl (C=O) groups is 4. The lowest BCUT2D eigenvalue weighted by molar-refractivity contribution is -0.138. The molecule has 0 N–H and O–H groups in total. The van der Waals surface area contributed by atoms with Crippen molar-refractivity contribution in [2.75, 3.05) is 26.4 Å². The predicted octanol–water partition coefficient (Wildman–Crippen LogP) is 8.16. The van der Waals surface area contributed by atoms with Crippen LogP contribution >= 0.6 is 0 Å². The summed E-state index contributed by atoms with van der Waals surface area (Å²) in [6, 6.07) is 14.9. The largest absolute Gasteiger partial charge is 0.463 e. The third-order valence-corrected chi connectivity index (χ3v) is 6.87. The molecule has 8 nitrogen and oxygen atoms in total. The summed E-state index contributed by atoms with van der Waals surface area (Å²) in [6.07, 6.45) is 21.9. The van der Waals surface area contributed by atoms with E-state index in [1.54, 1.807) is 38.2 Å². The maximum Gasteiger partial charge on any atom is 0.330 e. The summed E-state index contributed by atoms with van der Waals surface area (Å²) in [5, 5.41) is 0. The molecular weight excluding hydrogens is 596 g/mol. The lowest BCUT2D eigenvalue weighted by Gasteiger charge is -2.04. The molecule has 2 aromatic rings. The molecule has 47 heavy (non-hydrogen) atoms. The molecule has 2 rings (SSSR count). The van der Waals surface area contributed by atoms with Crippen LogP contribution < -0.4 is 0 Å². The molecule has 2 aromatic carbocycles.